The number of aromatic amines is 1. The van der Waals surface area contributed by atoms with Crippen molar-refractivity contribution in [2.45, 2.75) is 26.2 Å². The predicted octanol–water partition coefficient (Wildman–Crippen LogP) is 4.71. The molecule has 0 aliphatic heterocycles. The fraction of sp³-hybridized carbons (Fsp3) is 0.250. The molecule has 0 fully saturated rings. The Balaban J connectivity index is 2.29. The van der Waals surface area contributed by atoms with Crippen molar-refractivity contribution in [2.75, 3.05) is 0 Å². The number of aromatic nitrogens is 2. The van der Waals surface area contributed by atoms with Crippen LogP contribution in [0.4, 0.5) is 0 Å². The summed E-state index contributed by atoms with van der Waals surface area (Å²) < 4.78 is 1.70. The first kappa shape index (κ1) is 14.5. The number of nitrogens with zero attached hydrogens (tertiary/aromatic N) is 1. The van der Waals surface area contributed by atoms with Gasteiger partial charge in [-0.15, -0.1) is 11.3 Å². The van der Waals surface area contributed by atoms with E-state index in [1.54, 1.807) is 11.3 Å². The summed E-state index contributed by atoms with van der Waals surface area (Å²) in [6, 6.07) is 8.15. The van der Waals surface area contributed by atoms with E-state index in [2.05, 4.69) is 53.8 Å². The summed E-state index contributed by atoms with van der Waals surface area (Å²) in [5.41, 5.74) is 1.41. The molecule has 0 amide bonds. The van der Waals surface area contributed by atoms with Crippen molar-refractivity contribution < 1.29 is 0 Å². The lowest BCUT2D eigenvalue weighted by Gasteiger charge is -2.19. The predicted molar refractivity (Wildman–Crippen MR) is 92.1 cm³/mol. The molecular weight excluding hydrogens is 348 g/mol. The number of nitrogens with one attached hydrogen (secondary N) is 1. The first-order chi connectivity index (χ1) is 9.88. The van der Waals surface area contributed by atoms with E-state index >= 15 is 0 Å². The molecule has 0 saturated carbocycles. The zero-order valence-corrected chi connectivity index (χ0v) is 14.4. The van der Waals surface area contributed by atoms with E-state index < -0.39 is 0 Å². The Kier molecular flexibility index (Phi) is 3.50. The molecule has 0 bridgehead atoms. The monoisotopic (exact) mass is 362 g/mol. The minimum atomic E-state index is -0.201. The van der Waals surface area contributed by atoms with Crippen LogP contribution in [0.3, 0.4) is 0 Å². The lowest BCUT2D eigenvalue weighted by atomic mass is 9.92. The second kappa shape index (κ2) is 5.07. The number of benzene rings is 1. The quantitative estimate of drug-likeness (QED) is 0.681. The second-order valence-electron chi connectivity index (χ2n) is 5.97. The fourth-order valence-electron chi connectivity index (χ4n) is 2.24. The molecular formula is C16H15BrN2OS. The summed E-state index contributed by atoms with van der Waals surface area (Å²) in [5.74, 6) is 0.630. The highest BCUT2D eigenvalue weighted by molar-refractivity contribution is 9.10. The van der Waals surface area contributed by atoms with E-state index in [4.69, 9.17) is 4.98 Å². The van der Waals surface area contributed by atoms with Gasteiger partial charge in [-0.3, -0.25) is 4.79 Å². The molecule has 1 N–H and O–H groups in total. The van der Waals surface area contributed by atoms with E-state index in [9.17, 15) is 4.79 Å². The Morgan fingerprint density at radius 1 is 1.24 bits per heavy atom. The number of thiophene rings is 1. The molecule has 108 valence electrons. The van der Waals surface area contributed by atoms with Crippen LogP contribution in [-0.2, 0) is 5.41 Å². The van der Waals surface area contributed by atoms with Gasteiger partial charge >= 0.3 is 0 Å². The number of hydrogen-bond donors (Lipinski definition) is 1. The standard InChI is InChI=1S/C16H15BrN2OS/c1-16(2,3)13-12(17)15(20)19-14(18-13)10-8-21-11-7-5-4-6-9(10)11/h4-8H,1-3H3,(H,18,19,20). The zero-order chi connectivity index (χ0) is 15.2. The van der Waals surface area contributed by atoms with Gasteiger partial charge < -0.3 is 4.98 Å². The summed E-state index contributed by atoms with van der Waals surface area (Å²) in [7, 11) is 0. The molecule has 0 saturated heterocycles. The minimum absolute atomic E-state index is 0.139. The Hall–Kier alpha value is -1.46. The summed E-state index contributed by atoms with van der Waals surface area (Å²) >= 11 is 5.02. The van der Waals surface area contributed by atoms with Crippen LogP contribution in [0.5, 0.6) is 0 Å². The van der Waals surface area contributed by atoms with Crippen molar-refractivity contribution in [2.24, 2.45) is 0 Å². The summed E-state index contributed by atoms with van der Waals surface area (Å²) in [6.07, 6.45) is 0. The van der Waals surface area contributed by atoms with Gasteiger partial charge in [0.2, 0.25) is 0 Å². The van der Waals surface area contributed by atoms with Gasteiger partial charge in [-0.25, -0.2) is 4.98 Å². The first-order valence-corrected chi connectivity index (χ1v) is 8.32. The molecule has 3 aromatic rings. The molecule has 2 aromatic heterocycles. The van der Waals surface area contributed by atoms with Crippen LogP contribution >= 0.6 is 27.3 Å². The first-order valence-electron chi connectivity index (χ1n) is 6.65. The van der Waals surface area contributed by atoms with Gasteiger partial charge in [0.25, 0.3) is 5.56 Å². The number of rotatable bonds is 1. The largest absolute Gasteiger partial charge is 0.305 e. The summed E-state index contributed by atoms with van der Waals surface area (Å²) in [6.45, 7) is 6.15. The Bertz CT molecular complexity index is 874. The van der Waals surface area contributed by atoms with Crippen LogP contribution in [-0.4, -0.2) is 9.97 Å². The molecule has 2 heterocycles. The summed E-state index contributed by atoms with van der Waals surface area (Å²) in [5, 5.41) is 3.16. The lowest BCUT2D eigenvalue weighted by Crippen LogP contribution is -2.22. The molecule has 0 radical (unpaired) electrons. The van der Waals surface area contributed by atoms with E-state index in [-0.39, 0.29) is 11.0 Å². The topological polar surface area (TPSA) is 45.8 Å². The second-order valence-corrected chi connectivity index (χ2v) is 7.68. The minimum Gasteiger partial charge on any atom is -0.305 e. The number of fused-ring (bicyclic) bond motifs is 1. The van der Waals surface area contributed by atoms with Crippen LogP contribution in [0.2, 0.25) is 0 Å². The van der Waals surface area contributed by atoms with Crippen molar-refractivity contribution in [1.29, 1.82) is 0 Å². The van der Waals surface area contributed by atoms with Crippen LogP contribution in [0.1, 0.15) is 26.5 Å². The maximum Gasteiger partial charge on any atom is 0.265 e. The normalized spacial score (nSPS) is 12.0. The average Bonchev–Trinajstić information content (AvgIpc) is 2.84. The highest BCUT2D eigenvalue weighted by Gasteiger charge is 2.23. The molecule has 0 aliphatic rings. The highest BCUT2D eigenvalue weighted by atomic mass is 79.9. The maximum atomic E-state index is 12.2. The Morgan fingerprint density at radius 2 is 1.95 bits per heavy atom. The molecule has 0 unspecified atom stereocenters. The van der Waals surface area contributed by atoms with Crippen LogP contribution in [0, 0.1) is 0 Å². The van der Waals surface area contributed by atoms with Crippen molar-refractivity contribution in [1.82, 2.24) is 9.97 Å². The Labute approximate surface area is 135 Å². The van der Waals surface area contributed by atoms with Gasteiger partial charge in [-0.05, 0) is 22.0 Å². The van der Waals surface area contributed by atoms with E-state index in [0.717, 1.165) is 16.6 Å². The van der Waals surface area contributed by atoms with Gasteiger partial charge in [-0.2, -0.15) is 0 Å². The lowest BCUT2D eigenvalue weighted by molar-refractivity contribution is 0.562. The third kappa shape index (κ3) is 2.56. The third-order valence-corrected chi connectivity index (χ3v) is 5.01. The van der Waals surface area contributed by atoms with Gasteiger partial charge in [0, 0.05) is 26.4 Å². The van der Waals surface area contributed by atoms with E-state index in [0.29, 0.717) is 10.3 Å². The fourth-order valence-corrected chi connectivity index (χ4v) is 3.97. The van der Waals surface area contributed by atoms with Gasteiger partial charge in [0.15, 0.2) is 0 Å². The van der Waals surface area contributed by atoms with Crippen LogP contribution in [0.25, 0.3) is 21.5 Å². The van der Waals surface area contributed by atoms with Gasteiger partial charge in [0.1, 0.15) is 10.3 Å². The number of halogens is 1. The molecule has 21 heavy (non-hydrogen) atoms. The number of hydrogen-bond acceptors (Lipinski definition) is 3. The molecule has 1 aromatic carbocycles. The third-order valence-electron chi connectivity index (χ3n) is 3.31. The molecule has 3 nitrogen and oxygen atoms in total. The average molecular weight is 363 g/mol. The van der Waals surface area contributed by atoms with E-state index in [1.165, 1.54) is 4.70 Å². The van der Waals surface area contributed by atoms with E-state index in [1.807, 2.05) is 17.5 Å². The van der Waals surface area contributed by atoms with Crippen molar-refractivity contribution in [3.63, 3.8) is 0 Å². The highest BCUT2D eigenvalue weighted by Crippen LogP contribution is 2.33. The van der Waals surface area contributed by atoms with Gasteiger partial charge in [-0.1, -0.05) is 39.0 Å². The molecule has 5 heteroatoms. The molecule has 0 aliphatic carbocycles. The van der Waals surface area contributed by atoms with Crippen LogP contribution in [0.15, 0.2) is 38.9 Å². The number of H-pyrrole nitrogens is 1. The van der Waals surface area contributed by atoms with Crippen molar-refractivity contribution >= 4 is 37.4 Å². The molecule has 0 atom stereocenters. The maximum absolute atomic E-state index is 12.2. The SMILES string of the molecule is CC(C)(C)c1nc(-c2csc3ccccc23)[nH]c(=O)c1Br. The van der Waals surface area contributed by atoms with Gasteiger partial charge in [0.05, 0.1) is 5.69 Å². The smallest absolute Gasteiger partial charge is 0.265 e. The van der Waals surface area contributed by atoms with Crippen molar-refractivity contribution in [3.05, 3.63) is 50.2 Å². The molecule has 0 spiro atoms. The molecule has 3 rings (SSSR count). The summed E-state index contributed by atoms with van der Waals surface area (Å²) in [4.78, 5) is 19.8. The van der Waals surface area contributed by atoms with Crippen molar-refractivity contribution in [3.8, 4) is 11.4 Å². The zero-order valence-electron chi connectivity index (χ0n) is 12.0. The Morgan fingerprint density at radius 3 is 2.67 bits per heavy atom. The van der Waals surface area contributed by atoms with Crippen LogP contribution < -0.4 is 5.56 Å².